The molecule has 124 valence electrons. The minimum absolute atomic E-state index is 0.0149. The topological polar surface area (TPSA) is 75.6 Å². The SMILES string of the molecule is COc1ccc(S(=O)(=O)NCC2(O)CSCCSC2)cc1Cl. The molecule has 22 heavy (non-hydrogen) atoms. The van der Waals surface area contributed by atoms with Gasteiger partial charge < -0.3 is 9.84 Å². The molecule has 2 N–H and O–H groups in total. The van der Waals surface area contributed by atoms with E-state index < -0.39 is 15.6 Å². The molecule has 1 fully saturated rings. The number of halogens is 1. The van der Waals surface area contributed by atoms with Gasteiger partial charge in [-0.3, -0.25) is 0 Å². The van der Waals surface area contributed by atoms with E-state index in [1.54, 1.807) is 23.5 Å². The highest BCUT2D eigenvalue weighted by molar-refractivity contribution is 8.03. The lowest BCUT2D eigenvalue weighted by molar-refractivity contribution is 0.0962. The van der Waals surface area contributed by atoms with Crippen LogP contribution in [0.4, 0.5) is 0 Å². The molecular formula is C13H18ClNO4S3. The number of hydrogen-bond donors (Lipinski definition) is 2. The Morgan fingerprint density at radius 3 is 2.55 bits per heavy atom. The smallest absolute Gasteiger partial charge is 0.240 e. The Morgan fingerprint density at radius 2 is 2.00 bits per heavy atom. The molecule has 1 aliphatic heterocycles. The van der Waals surface area contributed by atoms with Gasteiger partial charge in [0.05, 0.1) is 22.6 Å². The molecule has 0 unspecified atom stereocenters. The first kappa shape index (κ1) is 18.2. The van der Waals surface area contributed by atoms with Gasteiger partial charge in [-0.2, -0.15) is 23.5 Å². The van der Waals surface area contributed by atoms with E-state index in [-0.39, 0.29) is 16.5 Å². The molecule has 0 bridgehead atoms. The fourth-order valence-electron chi connectivity index (χ4n) is 1.91. The number of ether oxygens (including phenoxy) is 1. The molecule has 1 aromatic rings. The van der Waals surface area contributed by atoms with Crippen LogP contribution in [0, 0.1) is 0 Å². The van der Waals surface area contributed by atoms with Crippen molar-refractivity contribution in [3.8, 4) is 5.75 Å². The highest BCUT2D eigenvalue weighted by Gasteiger charge is 2.31. The van der Waals surface area contributed by atoms with E-state index in [1.165, 1.54) is 25.3 Å². The van der Waals surface area contributed by atoms with Gasteiger partial charge in [0, 0.05) is 29.6 Å². The van der Waals surface area contributed by atoms with Crippen LogP contribution in [0.2, 0.25) is 5.02 Å². The molecule has 1 aromatic carbocycles. The Hall–Kier alpha value is -0.120. The summed E-state index contributed by atoms with van der Waals surface area (Å²) in [6, 6.07) is 4.26. The van der Waals surface area contributed by atoms with E-state index in [2.05, 4.69) is 4.72 Å². The Labute approximate surface area is 144 Å². The van der Waals surface area contributed by atoms with Gasteiger partial charge in [0.25, 0.3) is 0 Å². The molecule has 1 saturated heterocycles. The number of thioether (sulfide) groups is 2. The lowest BCUT2D eigenvalue weighted by Gasteiger charge is -2.25. The predicted octanol–water partition coefficient (Wildman–Crippen LogP) is 1.84. The molecule has 0 spiro atoms. The molecular weight excluding hydrogens is 366 g/mol. The van der Waals surface area contributed by atoms with Crippen LogP contribution in [-0.2, 0) is 10.0 Å². The number of sulfonamides is 1. The second-order valence-corrected chi connectivity index (χ2v) is 9.33. The maximum Gasteiger partial charge on any atom is 0.240 e. The Balaban J connectivity index is 2.09. The summed E-state index contributed by atoms with van der Waals surface area (Å²) in [4.78, 5) is 0.0517. The molecule has 0 saturated carbocycles. The van der Waals surface area contributed by atoms with Crippen molar-refractivity contribution in [2.75, 3.05) is 36.7 Å². The average molecular weight is 384 g/mol. The van der Waals surface area contributed by atoms with E-state index in [4.69, 9.17) is 16.3 Å². The van der Waals surface area contributed by atoms with Gasteiger partial charge in [-0.15, -0.1) is 0 Å². The van der Waals surface area contributed by atoms with Crippen LogP contribution in [0.5, 0.6) is 5.75 Å². The second-order valence-electron chi connectivity index (χ2n) is 4.95. The van der Waals surface area contributed by atoms with Gasteiger partial charge in [-0.25, -0.2) is 13.1 Å². The lowest BCUT2D eigenvalue weighted by Crippen LogP contribution is -2.46. The number of methoxy groups -OCH3 is 1. The third-order valence-corrected chi connectivity index (χ3v) is 7.56. The maximum atomic E-state index is 12.3. The fourth-order valence-corrected chi connectivity index (χ4v) is 5.91. The summed E-state index contributed by atoms with van der Waals surface area (Å²) < 4.78 is 32.1. The first-order valence-corrected chi connectivity index (χ1v) is 10.7. The highest BCUT2D eigenvalue weighted by Crippen LogP contribution is 2.28. The van der Waals surface area contributed by atoms with Gasteiger partial charge in [-0.1, -0.05) is 11.6 Å². The monoisotopic (exact) mass is 383 g/mol. The molecule has 0 aromatic heterocycles. The van der Waals surface area contributed by atoms with Crippen molar-refractivity contribution in [1.29, 1.82) is 0 Å². The molecule has 0 radical (unpaired) electrons. The largest absolute Gasteiger partial charge is 0.495 e. The van der Waals surface area contributed by atoms with Crippen molar-refractivity contribution >= 4 is 45.1 Å². The number of rotatable bonds is 5. The standard InChI is InChI=1S/C13H18ClNO4S3/c1-19-12-3-2-10(6-11(12)14)22(17,18)15-7-13(16)8-20-4-5-21-9-13/h2-3,6,15-16H,4-5,7-9H2,1H3. The Morgan fingerprint density at radius 1 is 1.36 bits per heavy atom. The zero-order chi connectivity index (χ0) is 16.2. The molecule has 0 aliphatic carbocycles. The third-order valence-electron chi connectivity index (χ3n) is 3.14. The van der Waals surface area contributed by atoms with Crippen LogP contribution in [0.25, 0.3) is 0 Å². The molecule has 5 nitrogen and oxygen atoms in total. The van der Waals surface area contributed by atoms with Crippen LogP contribution < -0.4 is 9.46 Å². The Kier molecular flexibility index (Phi) is 6.32. The third kappa shape index (κ3) is 4.69. The molecule has 2 rings (SSSR count). The summed E-state index contributed by atoms with van der Waals surface area (Å²) >= 11 is 9.23. The minimum Gasteiger partial charge on any atom is -0.495 e. The van der Waals surface area contributed by atoms with Gasteiger partial charge in [0.15, 0.2) is 0 Å². The van der Waals surface area contributed by atoms with Crippen LogP contribution in [0.3, 0.4) is 0 Å². The summed E-state index contributed by atoms with van der Waals surface area (Å²) in [7, 11) is -2.26. The van der Waals surface area contributed by atoms with Crippen molar-refractivity contribution in [2.24, 2.45) is 0 Å². The minimum atomic E-state index is -3.73. The molecule has 9 heteroatoms. The molecule has 0 amide bonds. The fraction of sp³-hybridized carbons (Fsp3) is 0.538. The summed E-state index contributed by atoms with van der Waals surface area (Å²) in [5, 5.41) is 10.7. The first-order valence-electron chi connectivity index (χ1n) is 6.57. The van der Waals surface area contributed by atoms with Crippen LogP contribution in [0.1, 0.15) is 0 Å². The first-order chi connectivity index (χ1) is 10.4. The molecule has 1 heterocycles. The maximum absolute atomic E-state index is 12.3. The van der Waals surface area contributed by atoms with Gasteiger partial charge in [0.2, 0.25) is 10.0 Å². The number of aliphatic hydroxyl groups is 1. The van der Waals surface area contributed by atoms with E-state index in [0.717, 1.165) is 11.5 Å². The van der Waals surface area contributed by atoms with Crippen LogP contribution in [0.15, 0.2) is 23.1 Å². The van der Waals surface area contributed by atoms with Crippen molar-refractivity contribution < 1.29 is 18.3 Å². The van der Waals surface area contributed by atoms with E-state index >= 15 is 0 Å². The number of nitrogens with one attached hydrogen (secondary N) is 1. The highest BCUT2D eigenvalue weighted by atomic mass is 35.5. The van der Waals surface area contributed by atoms with Crippen molar-refractivity contribution in [3.63, 3.8) is 0 Å². The van der Waals surface area contributed by atoms with Gasteiger partial charge in [-0.05, 0) is 18.2 Å². The quantitative estimate of drug-likeness (QED) is 0.808. The second kappa shape index (κ2) is 7.63. The van der Waals surface area contributed by atoms with E-state index in [0.29, 0.717) is 17.3 Å². The van der Waals surface area contributed by atoms with E-state index in [1.807, 2.05) is 0 Å². The summed E-state index contributed by atoms with van der Waals surface area (Å²) in [6.07, 6.45) is 0. The van der Waals surface area contributed by atoms with Crippen LogP contribution in [-0.4, -0.2) is 55.8 Å². The van der Waals surface area contributed by atoms with Crippen molar-refractivity contribution in [1.82, 2.24) is 4.72 Å². The number of benzene rings is 1. The summed E-state index contributed by atoms with van der Waals surface area (Å²) in [5.41, 5.74) is -1.03. The lowest BCUT2D eigenvalue weighted by atomic mass is 10.1. The number of hydrogen-bond acceptors (Lipinski definition) is 6. The summed E-state index contributed by atoms with van der Waals surface area (Å²) in [5.74, 6) is 3.38. The van der Waals surface area contributed by atoms with Crippen molar-refractivity contribution in [2.45, 2.75) is 10.5 Å². The average Bonchev–Trinajstić information content (AvgIpc) is 2.71. The van der Waals surface area contributed by atoms with Gasteiger partial charge >= 0.3 is 0 Å². The molecule has 1 aliphatic rings. The van der Waals surface area contributed by atoms with E-state index in [9.17, 15) is 13.5 Å². The Bertz CT molecular complexity index is 616. The van der Waals surface area contributed by atoms with Gasteiger partial charge in [0.1, 0.15) is 5.75 Å². The normalized spacial score (nSPS) is 18.7. The van der Waals surface area contributed by atoms with Crippen LogP contribution >= 0.6 is 35.1 Å². The zero-order valence-electron chi connectivity index (χ0n) is 12.0. The predicted molar refractivity (Wildman–Crippen MR) is 92.8 cm³/mol. The zero-order valence-corrected chi connectivity index (χ0v) is 15.2. The van der Waals surface area contributed by atoms with Crippen molar-refractivity contribution in [3.05, 3.63) is 23.2 Å². The molecule has 0 atom stereocenters. The summed E-state index contributed by atoms with van der Waals surface area (Å²) in [6.45, 7) is -0.0149.